The number of hydrogen-bond acceptors (Lipinski definition) is 1. The van der Waals surface area contributed by atoms with Crippen LogP contribution >= 0.6 is 0 Å². The highest BCUT2D eigenvalue weighted by Gasteiger charge is 2.52. The van der Waals surface area contributed by atoms with Crippen LogP contribution in [0.15, 0.2) is 22.8 Å². The standard InChI is InChI=1S/C20H30O/c1-14(2)15-6-8-17-16(12-15)7-9-18-19(3,13-21)10-5-11-20(17,18)4/h12-14,18H,5-11H2,1-4H3/t18?,19-,20+/m0/s1. The van der Waals surface area contributed by atoms with E-state index in [2.05, 4.69) is 33.8 Å². The molecule has 0 aromatic heterocycles. The number of allylic oxidation sites excluding steroid dienone is 4. The van der Waals surface area contributed by atoms with Crippen molar-refractivity contribution in [2.45, 2.75) is 72.6 Å². The van der Waals surface area contributed by atoms with Gasteiger partial charge >= 0.3 is 0 Å². The maximum atomic E-state index is 11.8. The van der Waals surface area contributed by atoms with Crippen LogP contribution in [-0.2, 0) is 4.79 Å². The zero-order valence-corrected chi connectivity index (χ0v) is 14.2. The van der Waals surface area contributed by atoms with E-state index in [0.29, 0.717) is 11.8 Å². The van der Waals surface area contributed by atoms with Gasteiger partial charge in [0.25, 0.3) is 0 Å². The van der Waals surface area contributed by atoms with E-state index in [9.17, 15) is 4.79 Å². The predicted molar refractivity (Wildman–Crippen MR) is 88.0 cm³/mol. The summed E-state index contributed by atoms with van der Waals surface area (Å²) in [5.41, 5.74) is 5.15. The lowest BCUT2D eigenvalue weighted by Gasteiger charge is -2.55. The maximum absolute atomic E-state index is 11.8. The van der Waals surface area contributed by atoms with Crippen molar-refractivity contribution in [2.75, 3.05) is 0 Å². The summed E-state index contributed by atoms with van der Waals surface area (Å²) in [7, 11) is 0. The Morgan fingerprint density at radius 1 is 1.19 bits per heavy atom. The van der Waals surface area contributed by atoms with Crippen molar-refractivity contribution in [3.8, 4) is 0 Å². The third kappa shape index (κ3) is 2.24. The minimum absolute atomic E-state index is 0.0897. The molecule has 1 unspecified atom stereocenters. The molecule has 0 aliphatic heterocycles. The molecule has 0 radical (unpaired) electrons. The van der Waals surface area contributed by atoms with Crippen LogP contribution in [0.2, 0.25) is 0 Å². The van der Waals surface area contributed by atoms with Gasteiger partial charge in [0.05, 0.1) is 0 Å². The summed E-state index contributed by atoms with van der Waals surface area (Å²) in [6.45, 7) is 9.30. The Balaban J connectivity index is 2.02. The molecule has 0 bridgehead atoms. The summed E-state index contributed by atoms with van der Waals surface area (Å²) in [6.07, 6.45) is 12.2. The summed E-state index contributed by atoms with van der Waals surface area (Å²) in [5, 5.41) is 0. The van der Waals surface area contributed by atoms with Crippen LogP contribution in [0.3, 0.4) is 0 Å². The molecule has 3 rings (SSSR count). The first-order valence-corrected chi connectivity index (χ1v) is 8.80. The van der Waals surface area contributed by atoms with Crippen molar-refractivity contribution in [3.05, 3.63) is 22.8 Å². The molecule has 0 spiro atoms. The van der Waals surface area contributed by atoms with E-state index in [1.807, 2.05) is 0 Å². The van der Waals surface area contributed by atoms with Gasteiger partial charge < -0.3 is 4.79 Å². The molecular weight excluding hydrogens is 256 g/mol. The smallest absolute Gasteiger partial charge is 0.126 e. The molecule has 0 N–H and O–H groups in total. The molecule has 116 valence electrons. The molecule has 3 atom stereocenters. The highest BCUT2D eigenvalue weighted by molar-refractivity contribution is 5.61. The molecule has 0 aromatic rings. The van der Waals surface area contributed by atoms with Crippen molar-refractivity contribution in [2.24, 2.45) is 22.7 Å². The zero-order chi connectivity index (χ0) is 15.3. The zero-order valence-electron chi connectivity index (χ0n) is 14.2. The first kappa shape index (κ1) is 15.1. The van der Waals surface area contributed by atoms with Crippen LogP contribution in [0.1, 0.15) is 72.6 Å². The molecule has 0 heterocycles. The molecule has 0 saturated heterocycles. The molecule has 1 nitrogen and oxygen atoms in total. The Morgan fingerprint density at radius 2 is 1.95 bits per heavy atom. The molecule has 0 amide bonds. The van der Waals surface area contributed by atoms with Gasteiger partial charge in [-0.3, -0.25) is 0 Å². The van der Waals surface area contributed by atoms with Crippen molar-refractivity contribution < 1.29 is 4.79 Å². The molecule has 1 heteroatoms. The lowest BCUT2D eigenvalue weighted by Crippen LogP contribution is -2.47. The molecule has 0 aromatic carbocycles. The number of fused-ring (bicyclic) bond motifs is 2. The van der Waals surface area contributed by atoms with Crippen molar-refractivity contribution in [1.82, 2.24) is 0 Å². The Kier molecular flexibility index (Phi) is 3.66. The Hall–Kier alpha value is -0.850. The van der Waals surface area contributed by atoms with Crippen LogP contribution < -0.4 is 0 Å². The molecule has 21 heavy (non-hydrogen) atoms. The molecule has 1 saturated carbocycles. The topological polar surface area (TPSA) is 17.1 Å². The predicted octanol–water partition coefficient (Wildman–Crippen LogP) is 5.46. The number of rotatable bonds is 2. The van der Waals surface area contributed by atoms with Crippen LogP contribution in [0.4, 0.5) is 0 Å². The quantitative estimate of drug-likeness (QED) is 0.616. The molecule has 3 aliphatic carbocycles. The van der Waals surface area contributed by atoms with Gasteiger partial charge in [-0.15, -0.1) is 0 Å². The van der Waals surface area contributed by atoms with E-state index in [0.717, 1.165) is 6.42 Å². The Morgan fingerprint density at radius 3 is 2.62 bits per heavy atom. The monoisotopic (exact) mass is 286 g/mol. The van der Waals surface area contributed by atoms with Gasteiger partial charge in [-0.1, -0.05) is 51.3 Å². The third-order valence-corrected chi connectivity index (χ3v) is 6.79. The van der Waals surface area contributed by atoms with Gasteiger partial charge in [0.1, 0.15) is 6.29 Å². The molecule has 3 aliphatic rings. The van der Waals surface area contributed by atoms with Crippen LogP contribution in [0.5, 0.6) is 0 Å². The average molecular weight is 286 g/mol. The first-order valence-electron chi connectivity index (χ1n) is 8.80. The van der Waals surface area contributed by atoms with Crippen LogP contribution in [0.25, 0.3) is 0 Å². The third-order valence-electron chi connectivity index (χ3n) is 6.79. The lowest BCUT2D eigenvalue weighted by atomic mass is 9.49. The minimum atomic E-state index is -0.0897. The largest absolute Gasteiger partial charge is 0.303 e. The summed E-state index contributed by atoms with van der Waals surface area (Å²) in [6, 6.07) is 0. The van der Waals surface area contributed by atoms with Gasteiger partial charge in [-0.2, -0.15) is 0 Å². The van der Waals surface area contributed by atoms with Crippen molar-refractivity contribution in [1.29, 1.82) is 0 Å². The fourth-order valence-corrected chi connectivity index (χ4v) is 5.51. The van der Waals surface area contributed by atoms with E-state index in [-0.39, 0.29) is 10.8 Å². The normalized spacial score (nSPS) is 39.7. The van der Waals surface area contributed by atoms with Crippen molar-refractivity contribution in [3.63, 3.8) is 0 Å². The van der Waals surface area contributed by atoms with E-state index in [1.54, 1.807) is 16.7 Å². The summed E-state index contributed by atoms with van der Waals surface area (Å²) >= 11 is 0. The summed E-state index contributed by atoms with van der Waals surface area (Å²) in [5.74, 6) is 1.24. The SMILES string of the molecule is CC(C)C1=CC2=C(CC1)[C@@]1(C)CCC[C@@](C)(C=O)C1CC2. The fourth-order valence-electron chi connectivity index (χ4n) is 5.51. The van der Waals surface area contributed by atoms with Crippen LogP contribution in [-0.4, -0.2) is 6.29 Å². The fraction of sp³-hybridized carbons (Fsp3) is 0.750. The number of carbonyl (C=O) groups is 1. The highest BCUT2D eigenvalue weighted by atomic mass is 16.1. The van der Waals surface area contributed by atoms with Gasteiger partial charge in [0, 0.05) is 5.41 Å². The maximum Gasteiger partial charge on any atom is 0.126 e. The second kappa shape index (κ2) is 5.11. The van der Waals surface area contributed by atoms with Crippen molar-refractivity contribution >= 4 is 6.29 Å². The number of aldehydes is 1. The second-order valence-electron chi connectivity index (χ2n) is 8.36. The lowest BCUT2D eigenvalue weighted by molar-refractivity contribution is -0.124. The summed E-state index contributed by atoms with van der Waals surface area (Å²) < 4.78 is 0. The average Bonchev–Trinajstić information content (AvgIpc) is 2.46. The number of hydrogen-bond donors (Lipinski definition) is 0. The first-order chi connectivity index (χ1) is 9.90. The van der Waals surface area contributed by atoms with Gasteiger partial charge in [-0.25, -0.2) is 0 Å². The van der Waals surface area contributed by atoms with Gasteiger partial charge in [0.2, 0.25) is 0 Å². The molecule has 1 fully saturated rings. The minimum Gasteiger partial charge on any atom is -0.303 e. The van der Waals surface area contributed by atoms with E-state index in [4.69, 9.17) is 0 Å². The Labute approximate surface area is 129 Å². The van der Waals surface area contributed by atoms with E-state index in [1.165, 1.54) is 44.8 Å². The van der Waals surface area contributed by atoms with E-state index >= 15 is 0 Å². The Bertz CT molecular complexity index is 510. The van der Waals surface area contributed by atoms with Crippen LogP contribution in [0, 0.1) is 22.7 Å². The van der Waals surface area contributed by atoms with Gasteiger partial charge in [0.15, 0.2) is 0 Å². The second-order valence-corrected chi connectivity index (χ2v) is 8.36. The van der Waals surface area contributed by atoms with Gasteiger partial charge in [-0.05, 0) is 61.3 Å². The van der Waals surface area contributed by atoms with E-state index < -0.39 is 0 Å². The summed E-state index contributed by atoms with van der Waals surface area (Å²) in [4.78, 5) is 11.8. The highest BCUT2D eigenvalue weighted by Crippen LogP contribution is 2.60. The molecular formula is C20H30O. The number of carbonyl (C=O) groups excluding carboxylic acids is 1.